The molecule has 2 aromatic carbocycles. The third-order valence-corrected chi connectivity index (χ3v) is 5.30. The first-order valence-corrected chi connectivity index (χ1v) is 9.13. The third-order valence-electron chi connectivity index (χ3n) is 4.37. The predicted molar refractivity (Wildman–Crippen MR) is 100 cm³/mol. The number of aryl methyl sites for hydroxylation is 2. The van der Waals surface area contributed by atoms with E-state index in [1.54, 1.807) is 16.9 Å². The summed E-state index contributed by atoms with van der Waals surface area (Å²) in [5, 5.41) is 4.30. The molecule has 0 amide bonds. The summed E-state index contributed by atoms with van der Waals surface area (Å²) in [6.07, 6.45) is 1.84. The van der Waals surface area contributed by atoms with Gasteiger partial charge in [0.2, 0.25) is 0 Å². The molecule has 1 atom stereocenters. The van der Waals surface area contributed by atoms with Gasteiger partial charge in [0.25, 0.3) is 0 Å². The quantitative estimate of drug-likeness (QED) is 0.512. The van der Waals surface area contributed by atoms with E-state index in [0.717, 1.165) is 23.6 Å². The van der Waals surface area contributed by atoms with Crippen LogP contribution in [0.2, 0.25) is 0 Å². The second-order valence-electron chi connectivity index (χ2n) is 6.00. The summed E-state index contributed by atoms with van der Waals surface area (Å²) >= 11 is 1.61. The van der Waals surface area contributed by atoms with Crippen LogP contribution in [-0.4, -0.2) is 36.2 Å². The van der Waals surface area contributed by atoms with Crippen molar-refractivity contribution in [2.24, 2.45) is 7.05 Å². The summed E-state index contributed by atoms with van der Waals surface area (Å²) in [6.45, 7) is 2.92. The summed E-state index contributed by atoms with van der Waals surface area (Å²) in [4.78, 5) is 4.81. The molecule has 0 spiro atoms. The van der Waals surface area contributed by atoms with Crippen LogP contribution in [0.3, 0.4) is 0 Å². The van der Waals surface area contributed by atoms with E-state index in [4.69, 9.17) is 4.98 Å². The first-order chi connectivity index (χ1) is 11.6. The Morgan fingerprint density at radius 1 is 1.08 bits per heavy atom. The summed E-state index contributed by atoms with van der Waals surface area (Å²) < 4.78 is 5.47. The topological polar surface area (TPSA) is 35.6 Å². The van der Waals surface area contributed by atoms with Crippen LogP contribution in [0.25, 0.3) is 22.3 Å². The van der Waals surface area contributed by atoms with Crippen molar-refractivity contribution in [3.8, 4) is 11.3 Å². The number of benzene rings is 2. The van der Waals surface area contributed by atoms with E-state index in [2.05, 4.69) is 65.1 Å². The fourth-order valence-corrected chi connectivity index (χ4v) is 3.96. The van der Waals surface area contributed by atoms with Gasteiger partial charge in [0.05, 0.1) is 0 Å². The number of hydrogen-bond acceptors (Lipinski definition) is 2. The molecule has 0 bridgehead atoms. The van der Waals surface area contributed by atoms with Crippen LogP contribution < -0.4 is 4.35 Å². The van der Waals surface area contributed by atoms with Gasteiger partial charge in [-0.1, -0.05) is 0 Å². The van der Waals surface area contributed by atoms with E-state index in [-0.39, 0.29) is 0 Å². The Morgan fingerprint density at radius 2 is 1.88 bits per heavy atom. The molecular formula is C19H19AsN4. The molecular weight excluding hydrogens is 359 g/mol. The average molecular weight is 378 g/mol. The third kappa shape index (κ3) is 2.57. The van der Waals surface area contributed by atoms with Gasteiger partial charge < -0.3 is 0 Å². The van der Waals surface area contributed by atoms with Crippen molar-refractivity contribution in [2.75, 3.05) is 0 Å². The van der Waals surface area contributed by atoms with Crippen molar-refractivity contribution >= 4 is 32.2 Å². The molecule has 0 aliphatic heterocycles. The van der Waals surface area contributed by atoms with Crippen molar-refractivity contribution < 1.29 is 0 Å². The maximum absolute atomic E-state index is 4.81. The van der Waals surface area contributed by atoms with E-state index in [1.807, 2.05) is 17.9 Å². The van der Waals surface area contributed by atoms with Gasteiger partial charge in [-0.25, -0.2) is 0 Å². The number of nitrogens with zero attached hydrogens (tertiary/aromatic N) is 4. The fourth-order valence-electron chi connectivity index (χ4n) is 3.14. The van der Waals surface area contributed by atoms with Crippen molar-refractivity contribution in [1.29, 1.82) is 0 Å². The number of fused-ring (bicyclic) bond motifs is 1. The standard InChI is InChI=1S/C19H19AsN4/c1-13-22-19-16(20)10-15(17-8-9-21-23(17)2)11-18(19)24(13)12-14-6-4-3-5-7-14/h3-11H,12,20H2,1-2H3. The van der Waals surface area contributed by atoms with Crippen LogP contribution >= 0.6 is 0 Å². The van der Waals surface area contributed by atoms with Gasteiger partial charge in [-0.15, -0.1) is 0 Å². The molecule has 0 saturated heterocycles. The Balaban J connectivity index is 1.89. The van der Waals surface area contributed by atoms with Crippen molar-refractivity contribution in [1.82, 2.24) is 19.3 Å². The van der Waals surface area contributed by atoms with Crippen LogP contribution in [0.15, 0.2) is 54.7 Å². The molecule has 4 nitrogen and oxygen atoms in total. The van der Waals surface area contributed by atoms with Crippen LogP contribution in [0.1, 0.15) is 11.4 Å². The van der Waals surface area contributed by atoms with E-state index >= 15 is 0 Å². The summed E-state index contributed by atoms with van der Waals surface area (Å²) in [5.41, 5.74) is 5.90. The normalized spacial score (nSPS) is 11.3. The molecule has 1 unspecified atom stereocenters. The molecule has 4 rings (SSSR count). The van der Waals surface area contributed by atoms with Crippen LogP contribution in [0, 0.1) is 6.92 Å². The number of rotatable bonds is 3. The zero-order valence-electron chi connectivity index (χ0n) is 13.8. The monoisotopic (exact) mass is 378 g/mol. The Morgan fingerprint density at radius 3 is 2.58 bits per heavy atom. The zero-order chi connectivity index (χ0) is 16.7. The second kappa shape index (κ2) is 5.95. The van der Waals surface area contributed by atoms with Gasteiger partial charge in [0.15, 0.2) is 0 Å². The van der Waals surface area contributed by atoms with Crippen molar-refractivity contribution in [3.05, 3.63) is 66.1 Å². The van der Waals surface area contributed by atoms with E-state index in [0.29, 0.717) is 0 Å². The molecule has 0 aliphatic rings. The number of hydrogen-bond donors (Lipinski definition) is 0. The number of imidazole rings is 1. The minimum atomic E-state index is 0.838. The summed E-state index contributed by atoms with van der Waals surface area (Å²) in [5.74, 6) is 1.05. The van der Waals surface area contributed by atoms with Crippen molar-refractivity contribution in [3.63, 3.8) is 0 Å². The molecule has 5 heteroatoms. The Bertz CT molecular complexity index is 1010. The predicted octanol–water partition coefficient (Wildman–Crippen LogP) is 2.05. The fraction of sp³-hybridized carbons (Fsp3) is 0.158. The van der Waals surface area contributed by atoms with Gasteiger partial charge in [-0.3, -0.25) is 0 Å². The van der Waals surface area contributed by atoms with Gasteiger partial charge >= 0.3 is 149 Å². The maximum atomic E-state index is 4.81. The summed E-state index contributed by atoms with van der Waals surface area (Å²) in [7, 11) is 1.98. The van der Waals surface area contributed by atoms with Gasteiger partial charge in [-0.2, -0.15) is 0 Å². The molecule has 120 valence electrons. The van der Waals surface area contributed by atoms with E-state index < -0.39 is 0 Å². The molecule has 2 aromatic heterocycles. The molecule has 24 heavy (non-hydrogen) atoms. The molecule has 0 fully saturated rings. The van der Waals surface area contributed by atoms with Crippen LogP contribution in [0.4, 0.5) is 0 Å². The van der Waals surface area contributed by atoms with E-state index in [9.17, 15) is 0 Å². The Kier molecular flexibility index (Phi) is 3.77. The Labute approximate surface area is 149 Å². The summed E-state index contributed by atoms with van der Waals surface area (Å²) in [6, 6.07) is 17.0. The molecule has 2 heterocycles. The Hall–Kier alpha value is -2.32. The number of aromatic nitrogens is 4. The average Bonchev–Trinajstić information content (AvgIpc) is 3.13. The first kappa shape index (κ1) is 15.2. The minimum absolute atomic E-state index is 0.838. The van der Waals surface area contributed by atoms with Crippen LogP contribution in [-0.2, 0) is 13.6 Å². The first-order valence-electron chi connectivity index (χ1n) is 7.92. The van der Waals surface area contributed by atoms with Gasteiger partial charge in [0.1, 0.15) is 0 Å². The molecule has 0 N–H and O–H groups in total. The van der Waals surface area contributed by atoms with Gasteiger partial charge in [0, 0.05) is 0 Å². The van der Waals surface area contributed by atoms with Crippen LogP contribution in [0.5, 0.6) is 0 Å². The van der Waals surface area contributed by atoms with Gasteiger partial charge in [-0.05, 0) is 0 Å². The van der Waals surface area contributed by atoms with Crippen molar-refractivity contribution in [2.45, 2.75) is 13.5 Å². The van der Waals surface area contributed by atoms with E-state index in [1.165, 1.54) is 21.0 Å². The molecule has 0 saturated carbocycles. The zero-order valence-corrected chi connectivity index (χ0v) is 16.2. The SMILES string of the molecule is Cc1nc2c([AsH2])cc(-c3ccnn3C)cc2n1Cc1ccccc1. The molecule has 0 radical (unpaired) electrons. The molecule has 0 aliphatic carbocycles. The molecule has 4 aromatic rings. The second-order valence-corrected chi connectivity index (χ2v) is 7.31.